The fourth-order valence-electron chi connectivity index (χ4n) is 1.39. The number of hydrogen-bond acceptors (Lipinski definition) is 6. The standard InChI is InChI=1S/C9H12F2N2O2S2/c10-8(11)5(14)3-7-12-9(13-15-7)6-4-16-1-2-17-6/h5-6,8,14H,1-4H2. The molecule has 0 saturated carbocycles. The fourth-order valence-corrected chi connectivity index (χ4v) is 3.98. The van der Waals surface area contributed by atoms with Crippen LogP contribution in [-0.4, -0.2) is 45.0 Å². The van der Waals surface area contributed by atoms with Crippen LogP contribution in [0.1, 0.15) is 17.0 Å². The molecule has 0 aromatic carbocycles. The second-order valence-electron chi connectivity index (χ2n) is 3.59. The summed E-state index contributed by atoms with van der Waals surface area (Å²) in [6, 6.07) is 0. The second kappa shape index (κ2) is 6.01. The van der Waals surface area contributed by atoms with E-state index in [1.807, 2.05) is 11.8 Å². The third kappa shape index (κ3) is 3.56. The normalized spacial score (nSPS) is 22.9. The number of aromatic nitrogens is 2. The average molecular weight is 282 g/mol. The summed E-state index contributed by atoms with van der Waals surface area (Å²) in [5, 5.41) is 13.0. The molecule has 4 nitrogen and oxygen atoms in total. The summed E-state index contributed by atoms with van der Waals surface area (Å²) < 4.78 is 29.1. The van der Waals surface area contributed by atoms with E-state index in [9.17, 15) is 8.78 Å². The number of hydrogen-bond donors (Lipinski definition) is 1. The third-order valence-electron chi connectivity index (χ3n) is 2.26. The molecular weight excluding hydrogens is 270 g/mol. The van der Waals surface area contributed by atoms with Crippen molar-refractivity contribution in [1.82, 2.24) is 10.1 Å². The number of alkyl halides is 2. The van der Waals surface area contributed by atoms with Gasteiger partial charge >= 0.3 is 0 Å². The van der Waals surface area contributed by atoms with Crippen LogP contribution in [0.5, 0.6) is 0 Å². The summed E-state index contributed by atoms with van der Waals surface area (Å²) in [6.07, 6.45) is -4.82. The zero-order valence-corrected chi connectivity index (χ0v) is 10.5. The van der Waals surface area contributed by atoms with Crippen molar-refractivity contribution in [1.29, 1.82) is 0 Å². The second-order valence-corrected chi connectivity index (χ2v) is 6.05. The minimum Gasteiger partial charge on any atom is -0.387 e. The van der Waals surface area contributed by atoms with E-state index in [1.165, 1.54) is 0 Å². The van der Waals surface area contributed by atoms with Gasteiger partial charge in [0.05, 0.1) is 11.7 Å². The van der Waals surface area contributed by atoms with Gasteiger partial charge < -0.3 is 9.63 Å². The smallest absolute Gasteiger partial charge is 0.264 e. The van der Waals surface area contributed by atoms with Crippen LogP contribution in [0.15, 0.2) is 4.52 Å². The van der Waals surface area contributed by atoms with Crippen LogP contribution in [0, 0.1) is 0 Å². The molecule has 1 aliphatic rings. The van der Waals surface area contributed by atoms with E-state index in [0.29, 0.717) is 5.82 Å². The monoisotopic (exact) mass is 282 g/mol. The van der Waals surface area contributed by atoms with E-state index in [-0.39, 0.29) is 17.6 Å². The predicted octanol–water partition coefficient (Wildman–Crippen LogP) is 1.76. The van der Waals surface area contributed by atoms with Gasteiger partial charge in [-0.3, -0.25) is 0 Å². The topological polar surface area (TPSA) is 59.2 Å². The van der Waals surface area contributed by atoms with E-state index in [0.717, 1.165) is 17.3 Å². The van der Waals surface area contributed by atoms with Gasteiger partial charge in [-0.15, -0.1) is 11.8 Å². The van der Waals surface area contributed by atoms with Crippen LogP contribution >= 0.6 is 23.5 Å². The summed E-state index contributed by atoms with van der Waals surface area (Å²) >= 11 is 3.55. The predicted molar refractivity (Wildman–Crippen MR) is 62.5 cm³/mol. The Kier molecular flexibility index (Phi) is 4.63. The van der Waals surface area contributed by atoms with Gasteiger partial charge in [0.1, 0.15) is 6.10 Å². The number of rotatable bonds is 4. The van der Waals surface area contributed by atoms with Gasteiger partial charge in [-0.05, 0) is 0 Å². The Hall–Kier alpha value is -0.340. The van der Waals surface area contributed by atoms with Crippen molar-refractivity contribution in [3.05, 3.63) is 11.7 Å². The maximum absolute atomic E-state index is 12.1. The lowest BCUT2D eigenvalue weighted by Crippen LogP contribution is -2.20. The molecule has 1 aliphatic heterocycles. The first kappa shape index (κ1) is 13.1. The Morgan fingerprint density at radius 2 is 2.29 bits per heavy atom. The van der Waals surface area contributed by atoms with Crippen molar-refractivity contribution >= 4 is 23.5 Å². The van der Waals surface area contributed by atoms with Gasteiger partial charge in [0.15, 0.2) is 5.82 Å². The molecule has 0 spiro atoms. The third-order valence-corrected chi connectivity index (χ3v) is 5.01. The summed E-state index contributed by atoms with van der Waals surface area (Å²) in [6.45, 7) is 0. The van der Waals surface area contributed by atoms with Gasteiger partial charge in [0.2, 0.25) is 5.89 Å². The molecule has 8 heteroatoms. The highest BCUT2D eigenvalue weighted by atomic mass is 32.2. The van der Waals surface area contributed by atoms with Crippen LogP contribution in [0.3, 0.4) is 0 Å². The van der Waals surface area contributed by atoms with E-state index in [4.69, 9.17) is 9.63 Å². The molecule has 1 N–H and O–H groups in total. The molecule has 96 valence electrons. The number of aliphatic hydroxyl groups is 1. The largest absolute Gasteiger partial charge is 0.387 e. The number of aliphatic hydroxyl groups excluding tert-OH is 1. The molecule has 1 fully saturated rings. The van der Waals surface area contributed by atoms with Crippen LogP contribution in [-0.2, 0) is 6.42 Å². The first-order valence-corrected chi connectivity index (χ1v) is 7.35. The van der Waals surface area contributed by atoms with Gasteiger partial charge in [0, 0.05) is 17.3 Å². The lowest BCUT2D eigenvalue weighted by molar-refractivity contribution is -0.00754. The van der Waals surface area contributed by atoms with Crippen LogP contribution in [0.2, 0.25) is 0 Å². The lowest BCUT2D eigenvalue weighted by Gasteiger charge is -2.17. The molecule has 17 heavy (non-hydrogen) atoms. The average Bonchev–Trinajstić information content (AvgIpc) is 2.78. The Bertz CT molecular complexity index is 359. The summed E-state index contributed by atoms with van der Waals surface area (Å²) in [5.74, 6) is 3.65. The molecular formula is C9H12F2N2O2S2. The molecule has 0 aliphatic carbocycles. The van der Waals surface area contributed by atoms with Crippen molar-refractivity contribution in [2.75, 3.05) is 17.3 Å². The van der Waals surface area contributed by atoms with E-state index < -0.39 is 12.5 Å². The first-order valence-electron chi connectivity index (χ1n) is 5.15. The van der Waals surface area contributed by atoms with Crippen molar-refractivity contribution in [2.45, 2.75) is 24.2 Å². The molecule has 0 amide bonds. The maximum Gasteiger partial charge on any atom is 0.264 e. The molecule has 1 aromatic rings. The Labute approximate surface area is 106 Å². The van der Waals surface area contributed by atoms with Crippen molar-refractivity contribution in [3.63, 3.8) is 0 Å². The summed E-state index contributed by atoms with van der Waals surface area (Å²) in [5.41, 5.74) is 0. The van der Waals surface area contributed by atoms with Gasteiger partial charge in [-0.2, -0.15) is 16.7 Å². The minimum absolute atomic E-state index is 0.0731. The molecule has 2 atom stereocenters. The Morgan fingerprint density at radius 3 is 2.94 bits per heavy atom. The van der Waals surface area contributed by atoms with E-state index >= 15 is 0 Å². The SMILES string of the molecule is OC(Cc1nc(C2CSCCS2)no1)C(F)F. The summed E-state index contributed by atoms with van der Waals surface area (Å²) in [4.78, 5) is 4.05. The zero-order valence-electron chi connectivity index (χ0n) is 8.88. The van der Waals surface area contributed by atoms with E-state index in [2.05, 4.69) is 10.1 Å². The van der Waals surface area contributed by atoms with Gasteiger partial charge in [0.25, 0.3) is 6.43 Å². The first-order chi connectivity index (χ1) is 8.16. The molecule has 0 bridgehead atoms. The molecule has 0 radical (unpaired) electrons. The van der Waals surface area contributed by atoms with Gasteiger partial charge in [-0.1, -0.05) is 5.16 Å². The van der Waals surface area contributed by atoms with Crippen molar-refractivity contribution in [2.24, 2.45) is 0 Å². The quantitative estimate of drug-likeness (QED) is 0.908. The molecule has 1 saturated heterocycles. The van der Waals surface area contributed by atoms with Crippen LogP contribution < -0.4 is 0 Å². The molecule has 2 rings (SSSR count). The zero-order chi connectivity index (χ0) is 12.3. The Balaban J connectivity index is 1.95. The highest BCUT2D eigenvalue weighted by Gasteiger charge is 2.24. The van der Waals surface area contributed by atoms with Gasteiger partial charge in [-0.25, -0.2) is 8.78 Å². The highest BCUT2D eigenvalue weighted by Crippen LogP contribution is 2.35. The van der Waals surface area contributed by atoms with Crippen LogP contribution in [0.25, 0.3) is 0 Å². The molecule has 2 heterocycles. The number of halogens is 2. The number of thioether (sulfide) groups is 2. The maximum atomic E-state index is 12.1. The highest BCUT2D eigenvalue weighted by molar-refractivity contribution is 8.06. The molecule has 1 aromatic heterocycles. The lowest BCUT2D eigenvalue weighted by atomic mass is 10.2. The minimum atomic E-state index is -2.79. The van der Waals surface area contributed by atoms with Crippen LogP contribution in [0.4, 0.5) is 8.78 Å². The fraction of sp³-hybridized carbons (Fsp3) is 0.778. The molecule has 2 unspecified atom stereocenters. The Morgan fingerprint density at radius 1 is 1.47 bits per heavy atom. The van der Waals surface area contributed by atoms with E-state index in [1.54, 1.807) is 11.8 Å². The van der Waals surface area contributed by atoms with Crippen molar-refractivity contribution < 1.29 is 18.4 Å². The summed E-state index contributed by atoms with van der Waals surface area (Å²) in [7, 11) is 0. The number of nitrogens with zero attached hydrogens (tertiary/aromatic N) is 2. The van der Waals surface area contributed by atoms with Crippen molar-refractivity contribution in [3.8, 4) is 0 Å².